The number of unbranched alkanes of at least 4 members (excludes halogenated alkanes) is 62. The second kappa shape index (κ2) is 75.1. The fourth-order valence-electron chi connectivity index (χ4n) is 12.8. The number of nitrogens with one attached hydrogen (secondary N) is 1. The van der Waals surface area contributed by atoms with Crippen molar-refractivity contribution in [1.82, 2.24) is 5.32 Å². The Hall–Kier alpha value is -1.40. The molecule has 0 aromatic carbocycles. The van der Waals surface area contributed by atoms with Gasteiger partial charge >= 0.3 is 5.97 Å². The summed E-state index contributed by atoms with van der Waals surface area (Å²) in [6, 6.07) is -0.540. The van der Waals surface area contributed by atoms with E-state index in [1.165, 1.54) is 379 Å². The zero-order chi connectivity index (χ0) is 61.3. The van der Waals surface area contributed by atoms with Crippen LogP contribution in [0.25, 0.3) is 0 Å². The average Bonchev–Trinajstić information content (AvgIpc) is 3.51. The lowest BCUT2D eigenvalue weighted by atomic mass is 10.0. The van der Waals surface area contributed by atoms with Crippen molar-refractivity contribution >= 4 is 11.9 Å². The van der Waals surface area contributed by atoms with Crippen LogP contribution in [-0.4, -0.2) is 47.4 Å². The molecule has 0 rings (SSSR count). The highest BCUT2D eigenvalue weighted by Gasteiger charge is 2.20. The predicted molar refractivity (Wildman–Crippen MR) is 375 cm³/mol. The number of esters is 1. The molecule has 1 amide bonds. The van der Waals surface area contributed by atoms with E-state index in [0.717, 1.165) is 44.9 Å². The predicted octanol–water partition coefficient (Wildman–Crippen LogP) is 25.9. The summed E-state index contributed by atoms with van der Waals surface area (Å²) >= 11 is 0. The molecule has 0 aromatic heterocycles. The standard InChI is InChI=1S/C79H155NO5/c1-3-5-7-9-11-13-15-17-19-21-22-23-24-28-31-34-37-40-43-47-51-55-59-63-67-71-77(82)76(75-81)80-78(83)72-68-64-60-56-52-48-44-41-38-35-32-29-26-25-27-30-33-36-39-42-46-50-54-58-62-66-70-74-85-79(84)73-69-65-61-57-53-49-45-20-18-16-14-12-10-8-6-4-2/h20,45,76-77,81-82H,3-19,21-44,46-75H2,1-2H3,(H,80,83)/b45-20-. The van der Waals surface area contributed by atoms with Crippen molar-refractivity contribution in [1.29, 1.82) is 0 Å². The van der Waals surface area contributed by atoms with E-state index in [0.29, 0.717) is 25.9 Å². The van der Waals surface area contributed by atoms with Crippen LogP contribution in [-0.2, 0) is 14.3 Å². The molecular weight excluding hydrogens is 1040 g/mol. The molecule has 0 aliphatic heterocycles. The Morgan fingerprint density at radius 2 is 0.553 bits per heavy atom. The lowest BCUT2D eigenvalue weighted by molar-refractivity contribution is -0.143. The van der Waals surface area contributed by atoms with Crippen molar-refractivity contribution in [3.05, 3.63) is 12.2 Å². The van der Waals surface area contributed by atoms with Gasteiger partial charge in [0.05, 0.1) is 25.4 Å². The highest BCUT2D eigenvalue weighted by molar-refractivity contribution is 5.76. The number of ether oxygens (including phenoxy) is 1. The van der Waals surface area contributed by atoms with Crippen molar-refractivity contribution in [2.45, 2.75) is 469 Å². The molecule has 0 aliphatic rings. The first kappa shape index (κ1) is 83.6. The van der Waals surface area contributed by atoms with E-state index in [9.17, 15) is 19.8 Å². The third-order valence-electron chi connectivity index (χ3n) is 18.8. The maximum Gasteiger partial charge on any atom is 0.305 e. The van der Waals surface area contributed by atoms with Gasteiger partial charge in [0.15, 0.2) is 0 Å². The molecule has 0 saturated carbocycles. The minimum Gasteiger partial charge on any atom is -0.466 e. The molecule has 2 atom stereocenters. The third-order valence-corrected chi connectivity index (χ3v) is 18.8. The molecule has 6 heteroatoms. The van der Waals surface area contributed by atoms with Gasteiger partial charge in [0.2, 0.25) is 5.91 Å². The molecule has 3 N–H and O–H groups in total. The largest absolute Gasteiger partial charge is 0.466 e. The number of hydrogen-bond acceptors (Lipinski definition) is 5. The van der Waals surface area contributed by atoms with E-state index in [1.807, 2.05) is 0 Å². The Labute approximate surface area is 533 Å². The van der Waals surface area contributed by atoms with Gasteiger partial charge in [-0.3, -0.25) is 9.59 Å². The fraction of sp³-hybridized carbons (Fsp3) is 0.949. The minimum absolute atomic E-state index is 0.0122. The molecule has 0 bridgehead atoms. The summed E-state index contributed by atoms with van der Waals surface area (Å²) in [5, 5.41) is 23.5. The van der Waals surface area contributed by atoms with Crippen LogP contribution >= 0.6 is 0 Å². The Kier molecular flexibility index (Phi) is 73.8. The molecule has 0 radical (unpaired) electrons. The second-order valence-corrected chi connectivity index (χ2v) is 27.4. The van der Waals surface area contributed by atoms with Gasteiger partial charge in [-0.05, 0) is 51.4 Å². The zero-order valence-electron chi connectivity index (χ0n) is 58.1. The number of aliphatic hydroxyl groups excluding tert-OH is 2. The lowest BCUT2D eigenvalue weighted by Gasteiger charge is -2.22. The molecule has 0 spiro atoms. The monoisotopic (exact) mass is 1200 g/mol. The van der Waals surface area contributed by atoms with E-state index in [2.05, 4.69) is 31.3 Å². The number of carbonyl (C=O) groups excluding carboxylic acids is 2. The Morgan fingerprint density at radius 3 is 0.835 bits per heavy atom. The molecule has 0 aliphatic carbocycles. The first-order chi connectivity index (χ1) is 42.0. The molecule has 6 nitrogen and oxygen atoms in total. The molecule has 0 saturated heterocycles. The fourth-order valence-corrected chi connectivity index (χ4v) is 12.8. The summed E-state index contributed by atoms with van der Waals surface area (Å²) in [4.78, 5) is 24.7. The van der Waals surface area contributed by atoms with Crippen molar-refractivity contribution in [3.8, 4) is 0 Å². The average molecular weight is 1200 g/mol. The van der Waals surface area contributed by atoms with Gasteiger partial charge in [-0.2, -0.15) is 0 Å². The Balaban J connectivity index is 3.35. The summed E-state index contributed by atoms with van der Waals surface area (Å²) in [5.41, 5.74) is 0. The molecule has 2 unspecified atom stereocenters. The zero-order valence-corrected chi connectivity index (χ0v) is 58.1. The number of amides is 1. The van der Waals surface area contributed by atoms with Crippen molar-refractivity contribution in [3.63, 3.8) is 0 Å². The molecule has 506 valence electrons. The SMILES string of the molecule is CCCCCCCCC/C=C\CCCCCCCC(=O)OCCCCCCCCCCCCCCCCCCCCCCCCCCCCCC(=O)NC(CO)C(O)CCCCCCCCCCCCCCCCCCCCCCCCCCC. The van der Waals surface area contributed by atoms with Gasteiger partial charge < -0.3 is 20.3 Å². The van der Waals surface area contributed by atoms with Crippen molar-refractivity contribution < 1.29 is 24.5 Å². The smallest absolute Gasteiger partial charge is 0.305 e. The molecular formula is C79H155NO5. The summed E-state index contributed by atoms with van der Waals surface area (Å²) in [6.07, 6.45) is 94.4. The lowest BCUT2D eigenvalue weighted by Crippen LogP contribution is -2.45. The highest BCUT2D eigenvalue weighted by atomic mass is 16.5. The van der Waals surface area contributed by atoms with Crippen LogP contribution in [0.2, 0.25) is 0 Å². The van der Waals surface area contributed by atoms with Gasteiger partial charge in [0.25, 0.3) is 0 Å². The van der Waals surface area contributed by atoms with Crippen LogP contribution in [0.4, 0.5) is 0 Å². The van der Waals surface area contributed by atoms with Gasteiger partial charge in [-0.15, -0.1) is 0 Å². The van der Waals surface area contributed by atoms with Crippen LogP contribution in [0, 0.1) is 0 Å². The third kappa shape index (κ3) is 71.6. The maximum atomic E-state index is 12.6. The topological polar surface area (TPSA) is 95.9 Å². The van der Waals surface area contributed by atoms with Gasteiger partial charge in [-0.1, -0.05) is 405 Å². The number of rotatable bonds is 75. The first-order valence-corrected chi connectivity index (χ1v) is 39.4. The Morgan fingerprint density at radius 1 is 0.318 bits per heavy atom. The van der Waals surface area contributed by atoms with E-state index < -0.39 is 12.1 Å². The quantitative estimate of drug-likeness (QED) is 0.0320. The van der Waals surface area contributed by atoms with Crippen molar-refractivity contribution in [2.24, 2.45) is 0 Å². The minimum atomic E-state index is -0.664. The van der Waals surface area contributed by atoms with Crippen LogP contribution in [0.1, 0.15) is 457 Å². The normalized spacial score (nSPS) is 12.5. The highest BCUT2D eigenvalue weighted by Crippen LogP contribution is 2.20. The Bertz CT molecular complexity index is 1290. The number of carbonyl (C=O) groups is 2. The summed E-state index contributed by atoms with van der Waals surface area (Å²) in [7, 11) is 0. The van der Waals surface area contributed by atoms with Gasteiger partial charge in [0, 0.05) is 12.8 Å². The summed E-state index contributed by atoms with van der Waals surface area (Å²) in [5.74, 6) is -0.0139. The van der Waals surface area contributed by atoms with Crippen LogP contribution < -0.4 is 5.32 Å². The number of hydrogen-bond donors (Lipinski definition) is 3. The maximum absolute atomic E-state index is 12.6. The van der Waals surface area contributed by atoms with Crippen LogP contribution in [0.5, 0.6) is 0 Å². The van der Waals surface area contributed by atoms with Crippen LogP contribution in [0.3, 0.4) is 0 Å². The first-order valence-electron chi connectivity index (χ1n) is 39.4. The van der Waals surface area contributed by atoms with Crippen LogP contribution in [0.15, 0.2) is 12.2 Å². The van der Waals surface area contributed by atoms with Gasteiger partial charge in [-0.25, -0.2) is 0 Å². The molecule has 0 heterocycles. The second-order valence-electron chi connectivity index (χ2n) is 27.4. The number of aliphatic hydroxyl groups is 2. The van der Waals surface area contributed by atoms with Crippen molar-refractivity contribution in [2.75, 3.05) is 13.2 Å². The molecule has 85 heavy (non-hydrogen) atoms. The van der Waals surface area contributed by atoms with E-state index >= 15 is 0 Å². The summed E-state index contributed by atoms with van der Waals surface area (Å²) in [6.45, 7) is 5.00. The van der Waals surface area contributed by atoms with E-state index in [1.54, 1.807) is 0 Å². The van der Waals surface area contributed by atoms with E-state index in [-0.39, 0.29) is 18.5 Å². The summed E-state index contributed by atoms with van der Waals surface area (Å²) < 4.78 is 5.50. The molecule has 0 fully saturated rings. The van der Waals surface area contributed by atoms with E-state index in [4.69, 9.17) is 4.74 Å². The molecule has 0 aromatic rings. The van der Waals surface area contributed by atoms with Gasteiger partial charge in [0.1, 0.15) is 0 Å². The number of allylic oxidation sites excluding steroid dienone is 2.